The van der Waals surface area contributed by atoms with Gasteiger partial charge in [0.05, 0.1) is 11.8 Å². The Kier molecular flexibility index (Phi) is 6.36. The van der Waals surface area contributed by atoms with Crippen molar-refractivity contribution in [2.75, 3.05) is 25.6 Å². The second kappa shape index (κ2) is 8.49. The highest BCUT2D eigenvalue weighted by Gasteiger charge is 2.19. The average Bonchev–Trinajstić information content (AvgIpc) is 3.07. The summed E-state index contributed by atoms with van der Waals surface area (Å²) in [6.07, 6.45) is 1.95. The fourth-order valence-corrected chi connectivity index (χ4v) is 2.28. The molecule has 1 aromatic carbocycles. The van der Waals surface area contributed by atoms with Gasteiger partial charge in [-0.25, -0.2) is 9.18 Å². The predicted octanol–water partition coefficient (Wildman–Crippen LogP) is 1.64. The smallest absolute Gasteiger partial charge is 0.321 e. The van der Waals surface area contributed by atoms with Crippen molar-refractivity contribution in [2.45, 2.75) is 31.9 Å². The van der Waals surface area contributed by atoms with Gasteiger partial charge in [-0.2, -0.15) is 0 Å². The number of nitrogens with one attached hydrogen (secondary N) is 3. The molecule has 1 saturated heterocycles. The third-order valence-corrected chi connectivity index (χ3v) is 3.62. The van der Waals surface area contributed by atoms with E-state index in [-0.39, 0.29) is 6.10 Å². The van der Waals surface area contributed by atoms with E-state index in [2.05, 4.69) is 16.0 Å². The van der Waals surface area contributed by atoms with Gasteiger partial charge in [-0.1, -0.05) is 0 Å². The summed E-state index contributed by atoms with van der Waals surface area (Å²) in [5.74, 6) is -0.573. The molecule has 0 radical (unpaired) electrons. The Balaban J connectivity index is 2.00. The van der Waals surface area contributed by atoms with Crippen molar-refractivity contribution in [1.82, 2.24) is 10.6 Å². The summed E-state index contributed by atoms with van der Waals surface area (Å²) in [6, 6.07) is 2.66. The van der Waals surface area contributed by atoms with Gasteiger partial charge in [0.15, 0.2) is 0 Å². The summed E-state index contributed by atoms with van der Waals surface area (Å²) in [4.78, 5) is 23.1. The number of anilines is 1. The molecular weight excluding hydrogens is 317 g/mol. The molecule has 24 heavy (non-hydrogen) atoms. The van der Waals surface area contributed by atoms with Crippen LogP contribution < -0.4 is 20.7 Å². The van der Waals surface area contributed by atoms with E-state index >= 15 is 0 Å². The van der Waals surface area contributed by atoms with Crippen LogP contribution in [-0.2, 0) is 9.53 Å². The van der Waals surface area contributed by atoms with Crippen molar-refractivity contribution in [1.29, 1.82) is 0 Å². The van der Waals surface area contributed by atoms with Crippen LogP contribution in [-0.4, -0.2) is 44.3 Å². The molecule has 1 fully saturated rings. The highest BCUT2D eigenvalue weighted by Crippen LogP contribution is 2.27. The number of carbonyl (C=O) groups is 2. The lowest BCUT2D eigenvalue weighted by atomic mass is 10.2. The first-order valence-electron chi connectivity index (χ1n) is 7.82. The number of imide groups is 1. The largest absolute Gasteiger partial charge is 0.489 e. The molecule has 0 spiro atoms. The maximum Gasteiger partial charge on any atom is 0.321 e. The summed E-state index contributed by atoms with van der Waals surface area (Å²) in [6.45, 7) is 2.64. The fraction of sp³-hybridized carbons (Fsp3) is 0.500. The van der Waals surface area contributed by atoms with Crippen molar-refractivity contribution < 1.29 is 23.5 Å². The van der Waals surface area contributed by atoms with Crippen LogP contribution in [0.3, 0.4) is 0 Å². The first-order chi connectivity index (χ1) is 11.5. The molecular formula is C16H22FN3O4. The van der Waals surface area contributed by atoms with Gasteiger partial charge in [-0.3, -0.25) is 10.1 Å². The Morgan fingerprint density at radius 2 is 2.25 bits per heavy atom. The predicted molar refractivity (Wildman–Crippen MR) is 86.6 cm³/mol. The maximum atomic E-state index is 13.5. The van der Waals surface area contributed by atoms with E-state index in [0.717, 1.165) is 19.4 Å². The lowest BCUT2D eigenvalue weighted by Crippen LogP contribution is -2.44. The molecule has 0 saturated carbocycles. The zero-order valence-electron chi connectivity index (χ0n) is 13.7. The Hall–Kier alpha value is -2.35. The number of hydrogen-bond acceptors (Lipinski definition) is 5. The van der Waals surface area contributed by atoms with E-state index in [9.17, 15) is 14.0 Å². The van der Waals surface area contributed by atoms with E-state index in [1.54, 1.807) is 6.92 Å². The monoisotopic (exact) mass is 339 g/mol. The van der Waals surface area contributed by atoms with Gasteiger partial charge in [-0.15, -0.1) is 0 Å². The standard InChI is InChI=1S/C16H22FN3O4/c1-10(15(21)20-16(22)18-2)19-13-8-11(17)5-6-14(13)24-9-12-4-3-7-23-12/h5-6,8,10,12,19H,3-4,7,9H2,1-2H3,(H2,18,20,21,22). The quantitative estimate of drug-likeness (QED) is 0.733. The van der Waals surface area contributed by atoms with Crippen molar-refractivity contribution >= 4 is 17.6 Å². The third kappa shape index (κ3) is 5.09. The third-order valence-electron chi connectivity index (χ3n) is 3.62. The normalized spacial score (nSPS) is 17.9. The molecule has 2 unspecified atom stereocenters. The van der Waals surface area contributed by atoms with E-state index < -0.39 is 23.8 Å². The van der Waals surface area contributed by atoms with Gasteiger partial charge in [0.2, 0.25) is 5.91 Å². The van der Waals surface area contributed by atoms with Crippen LogP contribution in [0.2, 0.25) is 0 Å². The SMILES string of the molecule is CNC(=O)NC(=O)C(C)Nc1cc(F)ccc1OCC1CCCO1. The van der Waals surface area contributed by atoms with E-state index in [4.69, 9.17) is 9.47 Å². The summed E-state index contributed by atoms with van der Waals surface area (Å²) < 4.78 is 24.7. The lowest BCUT2D eigenvalue weighted by Gasteiger charge is -2.19. The average molecular weight is 339 g/mol. The second-order valence-electron chi connectivity index (χ2n) is 5.52. The van der Waals surface area contributed by atoms with Crippen molar-refractivity contribution in [3.63, 3.8) is 0 Å². The Bertz CT molecular complexity index is 591. The van der Waals surface area contributed by atoms with Crippen LogP contribution in [0.25, 0.3) is 0 Å². The van der Waals surface area contributed by atoms with Gasteiger partial charge >= 0.3 is 6.03 Å². The van der Waals surface area contributed by atoms with Crippen LogP contribution >= 0.6 is 0 Å². The minimum absolute atomic E-state index is 0.0249. The molecule has 0 bridgehead atoms. The zero-order chi connectivity index (χ0) is 17.5. The molecule has 2 rings (SSSR count). The molecule has 1 aliphatic heterocycles. The van der Waals surface area contributed by atoms with Crippen molar-refractivity contribution in [3.05, 3.63) is 24.0 Å². The maximum absolute atomic E-state index is 13.5. The summed E-state index contributed by atoms with van der Waals surface area (Å²) >= 11 is 0. The van der Waals surface area contributed by atoms with Crippen LogP contribution in [0.1, 0.15) is 19.8 Å². The molecule has 8 heteroatoms. The highest BCUT2D eigenvalue weighted by atomic mass is 19.1. The Labute approximate surface area is 139 Å². The number of rotatable bonds is 6. The van der Waals surface area contributed by atoms with Gasteiger partial charge < -0.3 is 20.1 Å². The van der Waals surface area contributed by atoms with Crippen LogP contribution in [0.5, 0.6) is 5.75 Å². The number of benzene rings is 1. The molecule has 0 aromatic heterocycles. The number of amides is 3. The van der Waals surface area contributed by atoms with Crippen LogP contribution in [0.15, 0.2) is 18.2 Å². The number of halogens is 1. The molecule has 132 valence electrons. The molecule has 7 nitrogen and oxygen atoms in total. The number of carbonyl (C=O) groups excluding carboxylic acids is 2. The van der Waals surface area contributed by atoms with Gasteiger partial charge in [0, 0.05) is 19.7 Å². The zero-order valence-corrected chi connectivity index (χ0v) is 13.7. The highest BCUT2D eigenvalue weighted by molar-refractivity contribution is 5.98. The first-order valence-corrected chi connectivity index (χ1v) is 7.82. The molecule has 3 N–H and O–H groups in total. The topological polar surface area (TPSA) is 88.7 Å². The molecule has 3 amide bonds. The van der Waals surface area contributed by atoms with E-state index in [1.165, 1.54) is 25.2 Å². The summed E-state index contributed by atoms with van der Waals surface area (Å²) in [5, 5.41) is 7.30. The van der Waals surface area contributed by atoms with Gasteiger partial charge in [-0.05, 0) is 31.9 Å². The number of ether oxygens (including phenoxy) is 2. The molecule has 0 aliphatic carbocycles. The minimum atomic E-state index is -0.755. The minimum Gasteiger partial charge on any atom is -0.489 e. The lowest BCUT2D eigenvalue weighted by molar-refractivity contribution is -0.120. The Morgan fingerprint density at radius 3 is 2.92 bits per heavy atom. The van der Waals surface area contributed by atoms with E-state index in [0.29, 0.717) is 18.0 Å². The number of urea groups is 1. The summed E-state index contributed by atoms with van der Waals surface area (Å²) in [5.41, 5.74) is 0.340. The summed E-state index contributed by atoms with van der Waals surface area (Å²) in [7, 11) is 1.41. The fourth-order valence-electron chi connectivity index (χ4n) is 2.28. The molecule has 2 atom stereocenters. The molecule has 1 heterocycles. The van der Waals surface area contributed by atoms with Gasteiger partial charge in [0.25, 0.3) is 0 Å². The first kappa shape index (κ1) is 18.0. The number of hydrogen-bond donors (Lipinski definition) is 3. The van der Waals surface area contributed by atoms with Crippen LogP contribution in [0, 0.1) is 5.82 Å². The van der Waals surface area contributed by atoms with Gasteiger partial charge in [0.1, 0.15) is 24.2 Å². The molecule has 1 aromatic rings. The van der Waals surface area contributed by atoms with E-state index in [1.807, 2.05) is 0 Å². The van der Waals surface area contributed by atoms with Crippen molar-refractivity contribution in [3.8, 4) is 5.75 Å². The Morgan fingerprint density at radius 1 is 1.46 bits per heavy atom. The van der Waals surface area contributed by atoms with Crippen molar-refractivity contribution in [2.24, 2.45) is 0 Å². The second-order valence-corrected chi connectivity index (χ2v) is 5.52. The van der Waals surface area contributed by atoms with Crippen LogP contribution in [0.4, 0.5) is 14.9 Å². The molecule has 1 aliphatic rings.